The predicted octanol–water partition coefficient (Wildman–Crippen LogP) is 4.69. The number of halogens is 1. The van der Waals surface area contributed by atoms with Gasteiger partial charge in [0, 0.05) is 25.2 Å². The maximum absolute atomic E-state index is 13.0. The molecule has 3 heterocycles. The number of carbonyl (C=O) groups is 1. The zero-order valence-electron chi connectivity index (χ0n) is 14.8. The molecule has 2 fully saturated rings. The van der Waals surface area contributed by atoms with Gasteiger partial charge in [-0.05, 0) is 54.9 Å². The monoisotopic (exact) mass is 385 g/mol. The second kappa shape index (κ2) is 8.00. The van der Waals surface area contributed by atoms with Gasteiger partial charge in [0.05, 0.1) is 10.6 Å². The third kappa shape index (κ3) is 4.42. The predicted molar refractivity (Wildman–Crippen MR) is 107 cm³/mol. The first-order valence-corrected chi connectivity index (χ1v) is 9.89. The van der Waals surface area contributed by atoms with Crippen LogP contribution in [0.2, 0.25) is 0 Å². The number of benzene rings is 1. The fourth-order valence-electron chi connectivity index (χ4n) is 3.12. The number of thioether (sulfide) groups is 1. The van der Waals surface area contributed by atoms with E-state index in [1.807, 2.05) is 12.1 Å². The molecular formula is C20H20FN3O2S. The molecule has 2 aliphatic rings. The Morgan fingerprint density at radius 1 is 1.07 bits per heavy atom. The van der Waals surface area contributed by atoms with Crippen molar-refractivity contribution in [2.45, 2.75) is 25.7 Å². The number of hydrogen-bond donors (Lipinski definition) is 1. The number of amides is 1. The molecule has 5 nitrogen and oxygen atoms in total. The van der Waals surface area contributed by atoms with Crippen molar-refractivity contribution < 1.29 is 13.6 Å². The van der Waals surface area contributed by atoms with E-state index in [0.717, 1.165) is 19.0 Å². The zero-order chi connectivity index (χ0) is 18.6. The standard InChI is InChI=1S/C20H20FN3O2S/c21-14-5-7-15(8-6-14)22-20-23-19(25)17(27-20)13-16-9-10-18(26-16)24-11-3-1-2-4-12-24/h5-10,13H,1-4,11-12H2,(H,22,23,25). The lowest BCUT2D eigenvalue weighted by Gasteiger charge is -2.18. The van der Waals surface area contributed by atoms with Crippen LogP contribution in [-0.2, 0) is 4.79 Å². The highest BCUT2D eigenvalue weighted by Gasteiger charge is 2.24. The molecule has 2 aromatic rings. The first-order chi connectivity index (χ1) is 13.2. The summed E-state index contributed by atoms with van der Waals surface area (Å²) in [6.07, 6.45) is 6.62. The maximum Gasteiger partial charge on any atom is 0.264 e. The van der Waals surface area contributed by atoms with Crippen LogP contribution in [0.1, 0.15) is 31.4 Å². The quantitative estimate of drug-likeness (QED) is 0.779. The third-order valence-corrected chi connectivity index (χ3v) is 5.42. The molecule has 0 unspecified atom stereocenters. The summed E-state index contributed by atoms with van der Waals surface area (Å²) in [5.74, 6) is 0.969. The summed E-state index contributed by atoms with van der Waals surface area (Å²) in [6.45, 7) is 2.01. The summed E-state index contributed by atoms with van der Waals surface area (Å²) in [6, 6.07) is 9.65. The van der Waals surface area contributed by atoms with E-state index in [-0.39, 0.29) is 11.7 Å². The van der Waals surface area contributed by atoms with Crippen molar-refractivity contribution in [3.63, 3.8) is 0 Å². The van der Waals surface area contributed by atoms with Gasteiger partial charge >= 0.3 is 0 Å². The molecule has 4 rings (SSSR count). The van der Waals surface area contributed by atoms with Crippen molar-refractivity contribution in [3.8, 4) is 0 Å². The Hall–Kier alpha value is -2.54. The average molecular weight is 385 g/mol. The van der Waals surface area contributed by atoms with Crippen LogP contribution in [0.5, 0.6) is 0 Å². The molecule has 1 N–H and O–H groups in total. The van der Waals surface area contributed by atoms with Crippen molar-refractivity contribution >= 4 is 40.5 Å². The number of rotatable bonds is 3. The van der Waals surface area contributed by atoms with Gasteiger partial charge in [0.15, 0.2) is 11.1 Å². The van der Waals surface area contributed by atoms with E-state index < -0.39 is 0 Å². The first-order valence-electron chi connectivity index (χ1n) is 9.07. The van der Waals surface area contributed by atoms with E-state index in [4.69, 9.17) is 4.42 Å². The number of aliphatic imine (C=N–C) groups is 1. The maximum atomic E-state index is 13.0. The van der Waals surface area contributed by atoms with E-state index in [1.54, 1.807) is 18.2 Å². The minimum absolute atomic E-state index is 0.214. The Morgan fingerprint density at radius 2 is 1.81 bits per heavy atom. The lowest BCUT2D eigenvalue weighted by molar-refractivity contribution is -0.115. The highest BCUT2D eigenvalue weighted by atomic mass is 32.2. The Morgan fingerprint density at radius 3 is 2.56 bits per heavy atom. The molecule has 140 valence electrons. The Bertz CT molecular complexity index is 881. The average Bonchev–Trinajstić information content (AvgIpc) is 3.14. The molecule has 2 saturated heterocycles. The largest absolute Gasteiger partial charge is 0.441 e. The summed E-state index contributed by atoms with van der Waals surface area (Å²) in [5, 5.41) is 3.20. The summed E-state index contributed by atoms with van der Waals surface area (Å²) in [4.78, 5) is 19.3. The molecule has 0 radical (unpaired) electrons. The summed E-state index contributed by atoms with van der Waals surface area (Å²) < 4.78 is 18.9. The van der Waals surface area contributed by atoms with Crippen LogP contribution in [0, 0.1) is 5.82 Å². The van der Waals surface area contributed by atoms with Crippen molar-refractivity contribution in [3.05, 3.63) is 52.9 Å². The van der Waals surface area contributed by atoms with Crippen LogP contribution in [0.3, 0.4) is 0 Å². The first kappa shape index (κ1) is 17.9. The number of nitrogens with one attached hydrogen (secondary N) is 1. The van der Waals surface area contributed by atoms with Crippen LogP contribution in [-0.4, -0.2) is 24.2 Å². The second-order valence-corrected chi connectivity index (χ2v) is 7.57. The zero-order valence-corrected chi connectivity index (χ0v) is 15.6. The van der Waals surface area contributed by atoms with Gasteiger partial charge in [-0.3, -0.25) is 4.79 Å². The number of furan rings is 1. The smallest absolute Gasteiger partial charge is 0.264 e. The lowest BCUT2D eigenvalue weighted by atomic mass is 10.2. The SMILES string of the molecule is O=C1NC(=Nc2ccc(F)cc2)SC1=Cc1ccc(N2CCCCCC2)o1. The molecular weight excluding hydrogens is 365 g/mol. The molecule has 27 heavy (non-hydrogen) atoms. The Labute approximate surface area is 161 Å². The van der Waals surface area contributed by atoms with Gasteiger partial charge in [-0.25, -0.2) is 9.38 Å². The summed E-state index contributed by atoms with van der Waals surface area (Å²) in [5.41, 5.74) is 0.585. The number of amidine groups is 1. The van der Waals surface area contributed by atoms with Crippen LogP contribution in [0.25, 0.3) is 6.08 Å². The highest BCUT2D eigenvalue weighted by molar-refractivity contribution is 8.18. The van der Waals surface area contributed by atoms with Crippen LogP contribution in [0.4, 0.5) is 16.0 Å². The summed E-state index contributed by atoms with van der Waals surface area (Å²) in [7, 11) is 0. The van der Waals surface area contributed by atoms with E-state index in [0.29, 0.717) is 21.5 Å². The highest BCUT2D eigenvalue weighted by Crippen LogP contribution is 2.30. The normalized spacial score (nSPS) is 20.9. The van der Waals surface area contributed by atoms with Crippen molar-refractivity contribution in [1.29, 1.82) is 0 Å². The van der Waals surface area contributed by atoms with Crippen LogP contribution < -0.4 is 10.2 Å². The van der Waals surface area contributed by atoms with Crippen molar-refractivity contribution in [2.75, 3.05) is 18.0 Å². The molecule has 2 aliphatic heterocycles. The molecule has 0 aliphatic carbocycles. The minimum Gasteiger partial charge on any atom is -0.441 e. The van der Waals surface area contributed by atoms with Crippen LogP contribution >= 0.6 is 11.8 Å². The Balaban J connectivity index is 1.47. The fourth-order valence-corrected chi connectivity index (χ4v) is 3.95. The molecule has 0 atom stereocenters. The number of anilines is 1. The van der Waals surface area contributed by atoms with Gasteiger partial charge in [-0.1, -0.05) is 12.8 Å². The van der Waals surface area contributed by atoms with E-state index in [2.05, 4.69) is 15.2 Å². The number of carbonyl (C=O) groups excluding carboxylic acids is 1. The molecule has 0 saturated carbocycles. The molecule has 0 spiro atoms. The molecule has 1 aromatic carbocycles. The van der Waals surface area contributed by atoms with Crippen LogP contribution in [0.15, 0.2) is 50.7 Å². The Kier molecular flexibility index (Phi) is 5.29. The second-order valence-electron chi connectivity index (χ2n) is 6.54. The number of nitrogens with zero attached hydrogens (tertiary/aromatic N) is 2. The summed E-state index contributed by atoms with van der Waals surface area (Å²) >= 11 is 1.24. The topological polar surface area (TPSA) is 57.8 Å². The van der Waals surface area contributed by atoms with Crippen molar-refractivity contribution in [1.82, 2.24) is 5.32 Å². The van der Waals surface area contributed by atoms with Crippen molar-refractivity contribution in [2.24, 2.45) is 4.99 Å². The minimum atomic E-state index is -0.319. The molecule has 1 amide bonds. The van der Waals surface area contributed by atoms with E-state index >= 15 is 0 Å². The van der Waals surface area contributed by atoms with Gasteiger partial charge in [0.2, 0.25) is 0 Å². The van der Waals surface area contributed by atoms with Gasteiger partial charge < -0.3 is 14.6 Å². The fraction of sp³-hybridized carbons (Fsp3) is 0.300. The van der Waals surface area contributed by atoms with Gasteiger partial charge in [-0.2, -0.15) is 0 Å². The van der Waals surface area contributed by atoms with Gasteiger partial charge in [0.25, 0.3) is 5.91 Å². The molecule has 1 aromatic heterocycles. The van der Waals surface area contributed by atoms with Gasteiger partial charge in [0.1, 0.15) is 11.6 Å². The molecule has 7 heteroatoms. The van der Waals surface area contributed by atoms with E-state index in [9.17, 15) is 9.18 Å². The third-order valence-electron chi connectivity index (χ3n) is 4.51. The lowest BCUT2D eigenvalue weighted by Crippen LogP contribution is -2.23. The number of hydrogen-bond acceptors (Lipinski definition) is 5. The van der Waals surface area contributed by atoms with Gasteiger partial charge in [-0.15, -0.1) is 0 Å². The van der Waals surface area contributed by atoms with E-state index in [1.165, 1.54) is 49.6 Å². The molecule has 0 bridgehead atoms.